The number of nitrogens with one attached hydrogen (secondary N) is 1. The van der Waals surface area contributed by atoms with Gasteiger partial charge in [0.15, 0.2) is 4.96 Å². The lowest BCUT2D eigenvalue weighted by molar-refractivity contribution is -0.126. The highest BCUT2D eigenvalue weighted by molar-refractivity contribution is 7.15. The second kappa shape index (κ2) is 6.95. The average molecular weight is 355 g/mol. The highest BCUT2D eigenvalue weighted by atomic mass is 32.1. The molecule has 0 radical (unpaired) electrons. The van der Waals surface area contributed by atoms with Crippen LogP contribution in [-0.2, 0) is 11.2 Å². The largest absolute Gasteiger partial charge is 0.304 e. The van der Waals surface area contributed by atoms with Crippen LogP contribution in [0, 0.1) is 0 Å². The molecule has 25 heavy (non-hydrogen) atoms. The topological polar surface area (TPSA) is 52.9 Å². The molecule has 1 N–H and O–H groups in total. The smallest absolute Gasteiger partial charge is 0.240 e. The fraction of sp³-hybridized carbons (Fsp3) is 0.333. The molecule has 1 aliphatic heterocycles. The molecule has 3 heterocycles. The van der Waals surface area contributed by atoms with Gasteiger partial charge in [0.1, 0.15) is 0 Å². The first-order chi connectivity index (χ1) is 12.2. The number of imidazole rings is 1. The minimum atomic E-state index is 0.0271. The maximum absolute atomic E-state index is 12.4. The Kier molecular flexibility index (Phi) is 4.52. The highest BCUT2D eigenvalue weighted by Gasteiger charge is 2.17. The van der Waals surface area contributed by atoms with Gasteiger partial charge in [-0.05, 0) is 7.05 Å². The van der Waals surface area contributed by atoms with E-state index in [-0.39, 0.29) is 5.91 Å². The molecule has 0 bridgehead atoms. The van der Waals surface area contributed by atoms with Crippen molar-refractivity contribution in [1.82, 2.24) is 24.7 Å². The van der Waals surface area contributed by atoms with Crippen molar-refractivity contribution in [3.63, 3.8) is 0 Å². The fourth-order valence-electron chi connectivity index (χ4n) is 3.00. The van der Waals surface area contributed by atoms with E-state index in [0.29, 0.717) is 6.42 Å². The van der Waals surface area contributed by atoms with Crippen LogP contribution in [-0.4, -0.2) is 58.4 Å². The van der Waals surface area contributed by atoms with E-state index in [4.69, 9.17) is 0 Å². The van der Waals surface area contributed by atoms with Crippen LogP contribution in [0.25, 0.3) is 16.2 Å². The number of hydrazine groups is 1. The first-order valence-electron chi connectivity index (χ1n) is 8.43. The standard InChI is InChI=1S/C18H21N5OS/c1-21-7-9-22(10-8-21)20-17(24)11-15-13-25-18-19-16(12-23(15)18)14-5-3-2-4-6-14/h2-6,12-13H,7-11H2,1H3,(H,20,24). The monoisotopic (exact) mass is 355 g/mol. The molecule has 0 saturated carbocycles. The number of benzene rings is 1. The number of amides is 1. The molecule has 7 heteroatoms. The van der Waals surface area contributed by atoms with Crippen molar-refractivity contribution in [2.45, 2.75) is 6.42 Å². The van der Waals surface area contributed by atoms with E-state index >= 15 is 0 Å². The number of rotatable bonds is 4. The van der Waals surface area contributed by atoms with E-state index in [1.807, 2.05) is 51.3 Å². The van der Waals surface area contributed by atoms with Crippen LogP contribution in [0.15, 0.2) is 41.9 Å². The third-order valence-electron chi connectivity index (χ3n) is 4.48. The third kappa shape index (κ3) is 3.58. The summed E-state index contributed by atoms with van der Waals surface area (Å²) in [5.41, 5.74) is 6.02. The maximum atomic E-state index is 12.4. The Morgan fingerprint density at radius 3 is 2.72 bits per heavy atom. The molecule has 1 saturated heterocycles. The predicted molar refractivity (Wildman–Crippen MR) is 99.4 cm³/mol. The molecule has 0 spiro atoms. The average Bonchev–Trinajstić information content (AvgIpc) is 3.20. The molecular weight excluding hydrogens is 334 g/mol. The van der Waals surface area contributed by atoms with Gasteiger partial charge in [0.2, 0.25) is 5.91 Å². The van der Waals surface area contributed by atoms with Crippen molar-refractivity contribution in [1.29, 1.82) is 0 Å². The second-order valence-electron chi connectivity index (χ2n) is 6.37. The van der Waals surface area contributed by atoms with Crippen LogP contribution < -0.4 is 5.43 Å². The lowest BCUT2D eigenvalue weighted by atomic mass is 10.2. The summed E-state index contributed by atoms with van der Waals surface area (Å²) in [6.07, 6.45) is 2.37. The first-order valence-corrected chi connectivity index (χ1v) is 9.31. The number of hydrogen-bond donors (Lipinski definition) is 1. The van der Waals surface area contributed by atoms with E-state index in [1.54, 1.807) is 11.3 Å². The minimum absolute atomic E-state index is 0.0271. The van der Waals surface area contributed by atoms with Crippen molar-refractivity contribution >= 4 is 22.2 Å². The van der Waals surface area contributed by atoms with Crippen molar-refractivity contribution in [3.8, 4) is 11.3 Å². The van der Waals surface area contributed by atoms with Gasteiger partial charge >= 0.3 is 0 Å². The second-order valence-corrected chi connectivity index (χ2v) is 7.21. The number of thiazole rings is 1. The molecule has 6 nitrogen and oxygen atoms in total. The summed E-state index contributed by atoms with van der Waals surface area (Å²) >= 11 is 1.57. The SMILES string of the molecule is CN1CCN(NC(=O)Cc2csc3nc(-c4ccccc4)cn23)CC1. The van der Waals surface area contributed by atoms with Crippen molar-refractivity contribution in [2.75, 3.05) is 33.2 Å². The Morgan fingerprint density at radius 2 is 1.96 bits per heavy atom. The van der Waals surface area contributed by atoms with E-state index < -0.39 is 0 Å². The molecule has 0 unspecified atom stereocenters. The van der Waals surface area contributed by atoms with Crippen LogP contribution in [0.1, 0.15) is 5.69 Å². The summed E-state index contributed by atoms with van der Waals surface area (Å²) in [5, 5.41) is 4.02. The van der Waals surface area contributed by atoms with Gasteiger partial charge in [0.25, 0.3) is 0 Å². The quantitative estimate of drug-likeness (QED) is 0.776. The molecule has 4 rings (SSSR count). The zero-order chi connectivity index (χ0) is 17.2. The fourth-order valence-corrected chi connectivity index (χ4v) is 3.88. The lowest BCUT2D eigenvalue weighted by Gasteiger charge is -2.32. The summed E-state index contributed by atoms with van der Waals surface area (Å²) in [5.74, 6) is 0.0271. The molecule has 2 aromatic heterocycles. The molecule has 3 aromatic rings. The number of carbonyl (C=O) groups is 1. The number of aromatic nitrogens is 2. The summed E-state index contributed by atoms with van der Waals surface area (Å²) in [6, 6.07) is 10.1. The van der Waals surface area contributed by atoms with Crippen molar-refractivity contribution in [2.24, 2.45) is 0 Å². The maximum Gasteiger partial charge on any atom is 0.240 e. The van der Waals surface area contributed by atoms with Crippen LogP contribution in [0.4, 0.5) is 0 Å². The molecule has 0 atom stereocenters. The zero-order valence-corrected chi connectivity index (χ0v) is 15.0. The van der Waals surface area contributed by atoms with E-state index in [1.165, 1.54) is 0 Å². The lowest BCUT2D eigenvalue weighted by Crippen LogP contribution is -2.52. The van der Waals surface area contributed by atoms with Gasteiger partial charge in [0, 0.05) is 49.0 Å². The van der Waals surface area contributed by atoms with Crippen molar-refractivity contribution < 1.29 is 4.79 Å². The molecule has 0 aliphatic carbocycles. The van der Waals surface area contributed by atoms with E-state index in [2.05, 4.69) is 22.4 Å². The summed E-state index contributed by atoms with van der Waals surface area (Å²) in [7, 11) is 2.10. The summed E-state index contributed by atoms with van der Waals surface area (Å²) < 4.78 is 2.02. The third-order valence-corrected chi connectivity index (χ3v) is 5.37. The van der Waals surface area contributed by atoms with Gasteiger partial charge in [0.05, 0.1) is 12.1 Å². The Hall–Kier alpha value is -2.22. The van der Waals surface area contributed by atoms with Crippen molar-refractivity contribution in [3.05, 3.63) is 47.6 Å². The van der Waals surface area contributed by atoms with Gasteiger partial charge < -0.3 is 4.90 Å². The minimum Gasteiger partial charge on any atom is -0.304 e. The molecular formula is C18H21N5OS. The Bertz CT molecular complexity index is 864. The Labute approximate surface area is 150 Å². The molecule has 1 fully saturated rings. The number of nitrogens with zero attached hydrogens (tertiary/aromatic N) is 4. The van der Waals surface area contributed by atoms with Gasteiger partial charge in [-0.2, -0.15) is 0 Å². The normalized spacial score (nSPS) is 16.4. The van der Waals surface area contributed by atoms with E-state index in [0.717, 1.165) is 48.1 Å². The van der Waals surface area contributed by atoms with Gasteiger partial charge in [-0.1, -0.05) is 30.3 Å². The number of carbonyl (C=O) groups excluding carboxylic acids is 1. The number of fused-ring (bicyclic) bond motifs is 1. The number of hydrogen-bond acceptors (Lipinski definition) is 5. The number of likely N-dealkylation sites (N-methyl/N-ethyl adjacent to an activating group) is 1. The molecule has 130 valence electrons. The first kappa shape index (κ1) is 16.3. The Morgan fingerprint density at radius 1 is 1.20 bits per heavy atom. The summed E-state index contributed by atoms with van der Waals surface area (Å²) in [4.78, 5) is 20.2. The highest BCUT2D eigenvalue weighted by Crippen LogP contribution is 2.23. The van der Waals surface area contributed by atoms with Crippen LogP contribution in [0.5, 0.6) is 0 Å². The van der Waals surface area contributed by atoms with Gasteiger partial charge in [-0.25, -0.2) is 9.99 Å². The van der Waals surface area contributed by atoms with Gasteiger partial charge in [-0.15, -0.1) is 11.3 Å². The molecule has 1 amide bonds. The van der Waals surface area contributed by atoms with Crippen LogP contribution in [0.3, 0.4) is 0 Å². The predicted octanol–water partition coefficient (Wildman–Crippen LogP) is 1.88. The van der Waals surface area contributed by atoms with Crippen LogP contribution >= 0.6 is 11.3 Å². The molecule has 1 aromatic carbocycles. The number of piperazine rings is 1. The summed E-state index contributed by atoms with van der Waals surface area (Å²) in [6.45, 7) is 3.69. The molecule has 1 aliphatic rings. The van der Waals surface area contributed by atoms with Gasteiger partial charge in [-0.3, -0.25) is 14.6 Å². The zero-order valence-electron chi connectivity index (χ0n) is 14.2. The Balaban J connectivity index is 1.46. The van der Waals surface area contributed by atoms with E-state index in [9.17, 15) is 4.79 Å². The van der Waals surface area contributed by atoms with Crippen LogP contribution in [0.2, 0.25) is 0 Å².